The van der Waals surface area contributed by atoms with Crippen LogP contribution in [-0.2, 0) is 0 Å². The van der Waals surface area contributed by atoms with Gasteiger partial charge < -0.3 is 4.42 Å². The van der Waals surface area contributed by atoms with Crippen molar-refractivity contribution >= 4 is 54.4 Å². The molecular weight excluding hydrogens is 673 g/mol. The molecule has 0 atom stereocenters. The summed E-state index contributed by atoms with van der Waals surface area (Å²) in [6.07, 6.45) is 1.76. The van der Waals surface area contributed by atoms with Crippen LogP contribution in [0.3, 0.4) is 0 Å². The fourth-order valence-electron chi connectivity index (χ4n) is 7.99. The molecule has 0 aliphatic rings. The van der Waals surface area contributed by atoms with E-state index in [2.05, 4.69) is 157 Å². The minimum absolute atomic E-state index is 0.548. The molecule has 0 unspecified atom stereocenters. The van der Waals surface area contributed by atoms with E-state index in [1.807, 2.05) is 24.3 Å². The Morgan fingerprint density at radius 2 is 0.945 bits per heavy atom. The van der Waals surface area contributed by atoms with Gasteiger partial charge in [-0.25, -0.2) is 19.9 Å². The maximum Gasteiger partial charge on any atom is 0.228 e. The van der Waals surface area contributed by atoms with E-state index < -0.39 is 0 Å². The Balaban J connectivity index is 1.10. The molecule has 3 aromatic heterocycles. The van der Waals surface area contributed by atoms with Crippen molar-refractivity contribution in [1.82, 2.24) is 19.9 Å². The molecule has 5 heteroatoms. The number of hydrogen-bond donors (Lipinski definition) is 0. The average molecular weight is 703 g/mol. The fourth-order valence-corrected chi connectivity index (χ4v) is 7.99. The maximum absolute atomic E-state index is 6.18. The fraction of sp³-hybridized carbons (Fsp3) is 0. The number of pyridine rings is 1. The van der Waals surface area contributed by atoms with Gasteiger partial charge >= 0.3 is 0 Å². The van der Waals surface area contributed by atoms with Gasteiger partial charge in [0.15, 0.2) is 17.5 Å². The number of benzene rings is 8. The number of para-hydroxylation sites is 1. The van der Waals surface area contributed by atoms with Crippen LogP contribution in [0.2, 0.25) is 0 Å². The van der Waals surface area contributed by atoms with E-state index in [4.69, 9.17) is 19.4 Å². The standard InChI is InChI=1S/C50H30N4O/c1-3-16-38-31(10-1)12-8-19-39(38)33-23-26-35(27-24-33)47-52-48(54-49(53-47)43-28-29-51-50-46(43)42-18-5-6-21-44(42)55-50)37-15-7-14-36(30-37)41-20-9-13-34-25-22-32-11-2-4-17-40(32)45(34)41/h1-30H. The Labute approximate surface area is 316 Å². The largest absolute Gasteiger partial charge is 0.438 e. The summed E-state index contributed by atoms with van der Waals surface area (Å²) in [7, 11) is 0. The predicted molar refractivity (Wildman–Crippen MR) is 225 cm³/mol. The van der Waals surface area contributed by atoms with E-state index in [1.54, 1.807) is 6.20 Å². The van der Waals surface area contributed by atoms with Gasteiger partial charge in [-0.15, -0.1) is 0 Å². The van der Waals surface area contributed by atoms with E-state index in [9.17, 15) is 0 Å². The Hall–Kier alpha value is -7.50. The van der Waals surface area contributed by atoms with Crippen molar-refractivity contribution in [3.05, 3.63) is 182 Å². The average Bonchev–Trinajstić information content (AvgIpc) is 3.65. The van der Waals surface area contributed by atoms with E-state index in [-0.39, 0.29) is 0 Å². The summed E-state index contributed by atoms with van der Waals surface area (Å²) in [5.41, 5.74) is 8.52. The molecule has 8 aromatic carbocycles. The molecule has 3 heterocycles. The molecule has 55 heavy (non-hydrogen) atoms. The van der Waals surface area contributed by atoms with Crippen molar-refractivity contribution in [2.24, 2.45) is 0 Å². The second-order valence-electron chi connectivity index (χ2n) is 13.8. The first-order valence-corrected chi connectivity index (χ1v) is 18.4. The van der Waals surface area contributed by atoms with Crippen molar-refractivity contribution in [2.75, 3.05) is 0 Å². The molecule has 0 aliphatic heterocycles. The molecular formula is C50H30N4O. The van der Waals surface area contributed by atoms with Crippen molar-refractivity contribution in [1.29, 1.82) is 0 Å². The van der Waals surface area contributed by atoms with Crippen LogP contribution in [0.1, 0.15) is 0 Å². The van der Waals surface area contributed by atoms with E-state index >= 15 is 0 Å². The highest BCUT2D eigenvalue weighted by atomic mass is 16.3. The molecule has 0 fully saturated rings. The van der Waals surface area contributed by atoms with E-state index in [1.165, 1.54) is 37.9 Å². The van der Waals surface area contributed by atoms with Crippen molar-refractivity contribution in [3.8, 4) is 56.4 Å². The molecule has 5 nitrogen and oxygen atoms in total. The van der Waals surface area contributed by atoms with Gasteiger partial charge in [0.2, 0.25) is 5.71 Å². The van der Waals surface area contributed by atoms with Gasteiger partial charge in [-0.3, -0.25) is 0 Å². The molecule has 0 aliphatic carbocycles. The van der Waals surface area contributed by atoms with Crippen LogP contribution in [0.25, 0.3) is 111 Å². The number of fused-ring (bicyclic) bond motifs is 7. The van der Waals surface area contributed by atoms with Crippen molar-refractivity contribution in [3.63, 3.8) is 0 Å². The lowest BCUT2D eigenvalue weighted by Crippen LogP contribution is -2.01. The SMILES string of the molecule is c1cc(-c2nc(-c3ccc(-c4cccc5ccccc45)cc3)nc(-c3ccnc4oc5ccccc5c34)n2)cc(-c2cccc3ccc4ccccc4c23)c1. The van der Waals surface area contributed by atoms with Crippen molar-refractivity contribution < 1.29 is 4.42 Å². The molecule has 0 bridgehead atoms. The zero-order valence-electron chi connectivity index (χ0n) is 29.5. The van der Waals surface area contributed by atoms with Crippen LogP contribution >= 0.6 is 0 Å². The van der Waals surface area contributed by atoms with Crippen LogP contribution in [0.4, 0.5) is 0 Å². The third-order valence-corrected chi connectivity index (χ3v) is 10.6. The highest BCUT2D eigenvalue weighted by molar-refractivity contribution is 6.14. The molecule has 0 radical (unpaired) electrons. The van der Waals surface area contributed by atoms with Gasteiger partial charge in [-0.05, 0) is 72.8 Å². The molecule has 0 saturated heterocycles. The van der Waals surface area contributed by atoms with Crippen LogP contribution in [0.5, 0.6) is 0 Å². The Bertz CT molecular complexity index is 3270. The topological polar surface area (TPSA) is 64.7 Å². The molecule has 11 aromatic rings. The summed E-state index contributed by atoms with van der Waals surface area (Å²) in [6, 6.07) is 61.4. The molecule has 11 rings (SSSR count). The lowest BCUT2D eigenvalue weighted by atomic mass is 9.93. The van der Waals surface area contributed by atoms with E-state index in [0.29, 0.717) is 23.2 Å². The van der Waals surface area contributed by atoms with Crippen LogP contribution in [0, 0.1) is 0 Å². The Morgan fingerprint density at radius 1 is 0.345 bits per heavy atom. The molecule has 0 amide bonds. The van der Waals surface area contributed by atoms with Gasteiger partial charge in [-0.1, -0.05) is 158 Å². The third kappa shape index (κ3) is 5.24. The Morgan fingerprint density at radius 3 is 1.80 bits per heavy atom. The molecule has 0 N–H and O–H groups in total. The first kappa shape index (κ1) is 31.1. The number of rotatable bonds is 5. The number of nitrogens with zero attached hydrogens (tertiary/aromatic N) is 4. The molecule has 256 valence electrons. The quantitative estimate of drug-likeness (QED) is 0.167. The smallest absolute Gasteiger partial charge is 0.228 e. The highest BCUT2D eigenvalue weighted by Crippen LogP contribution is 2.38. The summed E-state index contributed by atoms with van der Waals surface area (Å²) in [5.74, 6) is 1.73. The summed E-state index contributed by atoms with van der Waals surface area (Å²) in [5, 5.41) is 9.15. The lowest BCUT2D eigenvalue weighted by molar-refractivity contribution is 0.654. The zero-order valence-corrected chi connectivity index (χ0v) is 29.5. The van der Waals surface area contributed by atoms with Crippen LogP contribution in [-0.4, -0.2) is 19.9 Å². The van der Waals surface area contributed by atoms with Crippen LogP contribution < -0.4 is 0 Å². The zero-order chi connectivity index (χ0) is 36.3. The Kier molecular flexibility index (Phi) is 7.10. The van der Waals surface area contributed by atoms with Gasteiger partial charge in [-0.2, -0.15) is 0 Å². The highest BCUT2D eigenvalue weighted by Gasteiger charge is 2.19. The summed E-state index contributed by atoms with van der Waals surface area (Å²) < 4.78 is 6.18. The maximum atomic E-state index is 6.18. The van der Waals surface area contributed by atoms with Gasteiger partial charge in [0.25, 0.3) is 0 Å². The van der Waals surface area contributed by atoms with Crippen molar-refractivity contribution in [2.45, 2.75) is 0 Å². The van der Waals surface area contributed by atoms with Gasteiger partial charge in [0.05, 0.1) is 5.39 Å². The summed E-state index contributed by atoms with van der Waals surface area (Å²) in [6.45, 7) is 0. The first-order valence-electron chi connectivity index (χ1n) is 18.4. The first-order chi connectivity index (χ1) is 27.2. The summed E-state index contributed by atoms with van der Waals surface area (Å²) >= 11 is 0. The molecule has 0 spiro atoms. The minimum atomic E-state index is 0.548. The third-order valence-electron chi connectivity index (χ3n) is 10.6. The lowest BCUT2D eigenvalue weighted by Gasteiger charge is -2.13. The van der Waals surface area contributed by atoms with Crippen LogP contribution in [0.15, 0.2) is 187 Å². The van der Waals surface area contributed by atoms with E-state index in [0.717, 1.165) is 49.7 Å². The second kappa shape index (κ2) is 12.6. The van der Waals surface area contributed by atoms with Gasteiger partial charge in [0.1, 0.15) is 5.58 Å². The number of furan rings is 1. The normalized spacial score (nSPS) is 11.6. The minimum Gasteiger partial charge on any atom is -0.438 e. The predicted octanol–water partition coefficient (Wildman–Crippen LogP) is 13.0. The van der Waals surface area contributed by atoms with Gasteiger partial charge in [0, 0.05) is 28.3 Å². The number of aromatic nitrogens is 4. The second-order valence-corrected chi connectivity index (χ2v) is 13.8. The monoisotopic (exact) mass is 702 g/mol. The molecule has 0 saturated carbocycles. The summed E-state index contributed by atoms with van der Waals surface area (Å²) in [4.78, 5) is 20.1. The number of hydrogen-bond acceptors (Lipinski definition) is 5.